The van der Waals surface area contributed by atoms with Crippen LogP contribution >= 0.6 is 0 Å². The molecule has 1 unspecified atom stereocenters. The number of carboxylic acid groups (broad SMARTS) is 1. The van der Waals surface area contributed by atoms with E-state index in [-0.39, 0.29) is 6.04 Å². The molecule has 17 heavy (non-hydrogen) atoms. The topological polar surface area (TPSA) is 94.0 Å². The molecule has 0 saturated heterocycles. The Morgan fingerprint density at radius 3 is 2.76 bits per heavy atom. The Kier molecular flexibility index (Phi) is 2.81. The second kappa shape index (κ2) is 4.14. The number of nitrogens with two attached hydrogens (primary N) is 1. The summed E-state index contributed by atoms with van der Waals surface area (Å²) in [5, 5.41) is 17.0. The lowest BCUT2D eigenvalue weighted by Gasteiger charge is -2.12. The van der Waals surface area contributed by atoms with Gasteiger partial charge in [-0.15, -0.1) is 5.10 Å². The van der Waals surface area contributed by atoms with Crippen molar-refractivity contribution in [3.63, 3.8) is 0 Å². The molecule has 1 aromatic heterocycles. The molecule has 2 rings (SSSR count). The molecular formula is C11H14N4O2. The van der Waals surface area contributed by atoms with E-state index in [0.717, 1.165) is 0 Å². The van der Waals surface area contributed by atoms with Crippen molar-refractivity contribution in [1.82, 2.24) is 15.0 Å². The number of carboxylic acids is 1. The largest absolute Gasteiger partial charge is 0.480 e. The minimum absolute atomic E-state index is 0.0992. The monoisotopic (exact) mass is 234 g/mol. The highest BCUT2D eigenvalue weighted by atomic mass is 16.4. The van der Waals surface area contributed by atoms with E-state index in [9.17, 15) is 4.79 Å². The van der Waals surface area contributed by atoms with Crippen molar-refractivity contribution < 1.29 is 9.90 Å². The number of aromatic nitrogens is 3. The van der Waals surface area contributed by atoms with Crippen molar-refractivity contribution in [3.8, 4) is 0 Å². The number of hydrogen-bond donors (Lipinski definition) is 2. The lowest BCUT2D eigenvalue weighted by molar-refractivity contribution is -0.138. The molecule has 0 saturated carbocycles. The van der Waals surface area contributed by atoms with Crippen LogP contribution in [0.15, 0.2) is 18.2 Å². The average molecular weight is 234 g/mol. The molecule has 0 radical (unpaired) electrons. The fraction of sp³-hybridized carbons (Fsp3) is 0.364. The van der Waals surface area contributed by atoms with Gasteiger partial charge in [0, 0.05) is 11.6 Å². The average Bonchev–Trinajstić information content (AvgIpc) is 2.71. The maximum Gasteiger partial charge on any atom is 0.325 e. The maximum absolute atomic E-state index is 11.0. The molecule has 1 heterocycles. The van der Waals surface area contributed by atoms with E-state index in [1.807, 2.05) is 13.8 Å². The van der Waals surface area contributed by atoms with Crippen molar-refractivity contribution in [2.75, 3.05) is 0 Å². The third-order valence-electron chi connectivity index (χ3n) is 2.61. The van der Waals surface area contributed by atoms with Gasteiger partial charge in [0.1, 0.15) is 11.6 Å². The summed E-state index contributed by atoms with van der Waals surface area (Å²) in [7, 11) is 0. The Morgan fingerprint density at radius 2 is 2.18 bits per heavy atom. The first-order valence-electron chi connectivity index (χ1n) is 5.34. The molecule has 1 aromatic carbocycles. The number of benzene rings is 1. The molecule has 1 atom stereocenters. The molecule has 0 aliphatic rings. The molecule has 6 heteroatoms. The van der Waals surface area contributed by atoms with Gasteiger partial charge >= 0.3 is 5.97 Å². The van der Waals surface area contributed by atoms with Crippen molar-refractivity contribution in [1.29, 1.82) is 0 Å². The van der Waals surface area contributed by atoms with Gasteiger partial charge in [-0.25, -0.2) is 4.68 Å². The molecule has 0 fully saturated rings. The van der Waals surface area contributed by atoms with Crippen LogP contribution < -0.4 is 5.73 Å². The highest BCUT2D eigenvalue weighted by Gasteiger charge is 2.20. The summed E-state index contributed by atoms with van der Waals surface area (Å²) in [5.74, 6) is -1.06. The predicted octanol–water partition coefficient (Wildman–Crippen LogP) is 1.10. The summed E-state index contributed by atoms with van der Waals surface area (Å²) in [5.41, 5.74) is 7.55. The predicted molar refractivity (Wildman–Crippen MR) is 62.5 cm³/mol. The highest BCUT2D eigenvalue weighted by Crippen LogP contribution is 2.24. The SMILES string of the molecule is CC(C)n1nnc2cccc(C(N)C(=O)O)c21. The Morgan fingerprint density at radius 1 is 1.47 bits per heavy atom. The van der Waals surface area contributed by atoms with E-state index in [0.29, 0.717) is 16.6 Å². The van der Waals surface area contributed by atoms with E-state index in [1.54, 1.807) is 22.9 Å². The smallest absolute Gasteiger partial charge is 0.325 e. The number of rotatable bonds is 3. The summed E-state index contributed by atoms with van der Waals surface area (Å²) < 4.78 is 1.69. The summed E-state index contributed by atoms with van der Waals surface area (Å²) in [4.78, 5) is 11.0. The number of carbonyl (C=O) groups is 1. The van der Waals surface area contributed by atoms with Crippen LogP contribution in [0.1, 0.15) is 31.5 Å². The minimum Gasteiger partial charge on any atom is -0.480 e. The number of fused-ring (bicyclic) bond motifs is 1. The van der Waals surface area contributed by atoms with Crippen molar-refractivity contribution in [3.05, 3.63) is 23.8 Å². The van der Waals surface area contributed by atoms with Gasteiger partial charge in [-0.1, -0.05) is 17.3 Å². The highest BCUT2D eigenvalue weighted by molar-refractivity contribution is 5.85. The van der Waals surface area contributed by atoms with Crippen LogP contribution in [-0.2, 0) is 4.79 Å². The quantitative estimate of drug-likeness (QED) is 0.829. The summed E-state index contributed by atoms with van der Waals surface area (Å²) >= 11 is 0. The van der Waals surface area contributed by atoms with Gasteiger partial charge in [-0.3, -0.25) is 4.79 Å². The lowest BCUT2D eigenvalue weighted by Crippen LogP contribution is -2.21. The second-order valence-electron chi connectivity index (χ2n) is 4.16. The van der Waals surface area contributed by atoms with Gasteiger partial charge < -0.3 is 10.8 Å². The standard InChI is InChI=1S/C11H14N4O2/c1-6(2)15-10-7(9(12)11(16)17)4-3-5-8(10)13-14-15/h3-6,9H,12H2,1-2H3,(H,16,17). The van der Waals surface area contributed by atoms with Gasteiger partial charge in [0.25, 0.3) is 0 Å². The van der Waals surface area contributed by atoms with Gasteiger partial charge in [-0.05, 0) is 19.9 Å². The van der Waals surface area contributed by atoms with E-state index in [2.05, 4.69) is 10.3 Å². The summed E-state index contributed by atoms with van der Waals surface area (Å²) in [6.07, 6.45) is 0. The van der Waals surface area contributed by atoms with Crippen LogP contribution in [0.25, 0.3) is 11.0 Å². The molecule has 0 bridgehead atoms. The first-order chi connectivity index (χ1) is 8.02. The molecule has 90 valence electrons. The first kappa shape index (κ1) is 11.5. The van der Waals surface area contributed by atoms with Gasteiger partial charge in [0.05, 0.1) is 5.52 Å². The van der Waals surface area contributed by atoms with Crippen LogP contribution in [0.4, 0.5) is 0 Å². The lowest BCUT2D eigenvalue weighted by atomic mass is 10.1. The Hall–Kier alpha value is -1.95. The van der Waals surface area contributed by atoms with Gasteiger partial charge in [-0.2, -0.15) is 0 Å². The number of hydrogen-bond acceptors (Lipinski definition) is 4. The fourth-order valence-electron chi connectivity index (χ4n) is 1.77. The third-order valence-corrected chi connectivity index (χ3v) is 2.61. The summed E-state index contributed by atoms with van der Waals surface area (Å²) in [6.45, 7) is 3.91. The summed E-state index contributed by atoms with van der Waals surface area (Å²) in [6, 6.07) is 4.26. The zero-order valence-corrected chi connectivity index (χ0v) is 9.66. The normalized spacial score (nSPS) is 13.2. The van der Waals surface area contributed by atoms with E-state index < -0.39 is 12.0 Å². The molecule has 2 aromatic rings. The molecular weight excluding hydrogens is 220 g/mol. The Labute approximate surface area is 98.0 Å². The molecule has 0 amide bonds. The van der Waals surface area contributed by atoms with E-state index >= 15 is 0 Å². The molecule has 3 N–H and O–H groups in total. The first-order valence-corrected chi connectivity index (χ1v) is 5.34. The van der Waals surface area contributed by atoms with Crippen LogP contribution in [0.2, 0.25) is 0 Å². The fourth-order valence-corrected chi connectivity index (χ4v) is 1.77. The zero-order chi connectivity index (χ0) is 12.6. The Balaban J connectivity index is 2.70. The maximum atomic E-state index is 11.0. The molecule has 0 aliphatic heterocycles. The molecule has 6 nitrogen and oxygen atoms in total. The van der Waals surface area contributed by atoms with E-state index in [4.69, 9.17) is 10.8 Å². The zero-order valence-electron chi connectivity index (χ0n) is 9.66. The Bertz CT molecular complexity index is 562. The van der Waals surface area contributed by atoms with E-state index in [1.165, 1.54) is 0 Å². The second-order valence-corrected chi connectivity index (χ2v) is 4.16. The van der Waals surface area contributed by atoms with Crippen molar-refractivity contribution >= 4 is 17.0 Å². The van der Waals surface area contributed by atoms with Crippen LogP contribution in [-0.4, -0.2) is 26.1 Å². The van der Waals surface area contributed by atoms with Gasteiger partial charge in [0.15, 0.2) is 0 Å². The van der Waals surface area contributed by atoms with Gasteiger partial charge in [0.2, 0.25) is 0 Å². The number of nitrogens with zero attached hydrogens (tertiary/aromatic N) is 3. The number of para-hydroxylation sites is 1. The van der Waals surface area contributed by atoms with Crippen LogP contribution in [0.5, 0.6) is 0 Å². The minimum atomic E-state index is -1.06. The van der Waals surface area contributed by atoms with Crippen LogP contribution in [0, 0.1) is 0 Å². The third kappa shape index (κ3) is 1.87. The van der Waals surface area contributed by atoms with Crippen molar-refractivity contribution in [2.24, 2.45) is 5.73 Å². The number of aliphatic carboxylic acids is 1. The molecule has 0 spiro atoms. The van der Waals surface area contributed by atoms with Crippen LogP contribution in [0.3, 0.4) is 0 Å². The molecule has 0 aliphatic carbocycles. The van der Waals surface area contributed by atoms with Crippen molar-refractivity contribution in [2.45, 2.75) is 25.9 Å².